The molecule has 3 aliphatic carbocycles. The number of aryl methyl sites for hydroxylation is 1. The number of hydrogen-bond acceptors (Lipinski definition) is 0. The second-order valence-corrected chi connectivity index (χ2v) is 12.3. The lowest BCUT2D eigenvalue weighted by atomic mass is 9.89. The van der Waals surface area contributed by atoms with Gasteiger partial charge in [-0.1, -0.05) is 66.3 Å². The Kier molecular flexibility index (Phi) is 3.98. The van der Waals surface area contributed by atoms with E-state index >= 15 is 0 Å². The van der Waals surface area contributed by atoms with Crippen LogP contribution in [0.5, 0.6) is 0 Å². The van der Waals surface area contributed by atoms with Crippen LogP contribution in [-0.4, -0.2) is 12.5 Å². The molecule has 3 aliphatic rings. The fraction of sp³-hybridized carbons (Fsp3) is 0.308. The minimum atomic E-state index is -0.911. The molecule has 0 N–H and O–H groups in total. The van der Waals surface area contributed by atoms with E-state index in [1.807, 2.05) is 0 Å². The second-order valence-electron chi connectivity index (χ2n) is 8.53. The smallest absolute Gasteiger partial charge is 0.0390 e. The molecule has 0 aromatic heterocycles. The molecule has 1 unspecified atom stereocenters. The van der Waals surface area contributed by atoms with Crippen molar-refractivity contribution in [3.63, 3.8) is 0 Å². The van der Waals surface area contributed by atoms with Crippen molar-refractivity contribution in [3.05, 3.63) is 87.4 Å². The quantitative estimate of drug-likeness (QED) is 0.534. The molecule has 0 saturated heterocycles. The summed E-state index contributed by atoms with van der Waals surface area (Å²) < 4.78 is 0. The van der Waals surface area contributed by atoms with Gasteiger partial charge in [0, 0.05) is 5.25 Å². The largest absolute Gasteiger partial charge is 0.210 e. The van der Waals surface area contributed by atoms with Crippen molar-refractivity contribution in [2.75, 3.05) is 12.5 Å². The van der Waals surface area contributed by atoms with Crippen LogP contribution in [0.25, 0.3) is 17.2 Å². The summed E-state index contributed by atoms with van der Waals surface area (Å²) in [6.45, 7) is 2.36. The monoisotopic (exact) mass is 372 g/mol. The Hall–Kier alpha value is -1.99. The van der Waals surface area contributed by atoms with E-state index in [0.717, 1.165) is 6.42 Å². The van der Waals surface area contributed by atoms with Gasteiger partial charge in [0.25, 0.3) is 0 Å². The molecule has 0 amide bonds. The number of rotatable bonds is 3. The first-order chi connectivity index (χ1) is 13.1. The highest BCUT2D eigenvalue weighted by atomic mass is 32.3. The minimum absolute atomic E-state index is 0.551. The molecule has 2 aromatic carbocycles. The van der Waals surface area contributed by atoms with E-state index < -0.39 is 10.0 Å². The highest BCUT2D eigenvalue weighted by molar-refractivity contribution is 8.36. The van der Waals surface area contributed by atoms with Crippen molar-refractivity contribution in [2.45, 2.75) is 37.9 Å². The van der Waals surface area contributed by atoms with E-state index in [1.54, 1.807) is 27.2 Å². The van der Waals surface area contributed by atoms with Crippen LogP contribution in [0.4, 0.5) is 0 Å². The molecule has 5 rings (SSSR count). The van der Waals surface area contributed by atoms with Crippen LogP contribution in [0.3, 0.4) is 0 Å². The van der Waals surface area contributed by atoms with Crippen LogP contribution in [0.2, 0.25) is 0 Å². The van der Waals surface area contributed by atoms with Gasteiger partial charge in [-0.3, -0.25) is 0 Å². The average Bonchev–Trinajstić information content (AvgIpc) is 3.39. The van der Waals surface area contributed by atoms with Crippen LogP contribution in [0.1, 0.15) is 47.3 Å². The van der Waals surface area contributed by atoms with Crippen molar-refractivity contribution >= 4 is 16.1 Å². The topological polar surface area (TPSA) is 0 Å². The number of fused-ring (bicyclic) bond motifs is 2. The van der Waals surface area contributed by atoms with Gasteiger partial charge >= 0.3 is 0 Å². The van der Waals surface area contributed by atoms with E-state index in [4.69, 9.17) is 0 Å². The molecule has 0 nitrogen and oxygen atoms in total. The zero-order valence-corrected chi connectivity index (χ0v) is 17.4. The standard InChI is InChI=1S/C26H28S/c1-18-16-23-24(26(18)27(2,3)21-13-7-8-14-21)17-20-12-9-15-22(20)25(23)19-10-5-4-6-11-19/h4-7,10-11,13-14,16-17,26H,8-9,12,15H2,1-3H3. The van der Waals surface area contributed by atoms with Crippen LogP contribution in [0.15, 0.2) is 65.1 Å². The normalized spacial score (nSPS) is 21.1. The lowest BCUT2D eigenvalue weighted by Gasteiger charge is -2.40. The fourth-order valence-electron chi connectivity index (χ4n) is 5.38. The molecule has 0 aliphatic heterocycles. The summed E-state index contributed by atoms with van der Waals surface area (Å²) in [6.07, 6.45) is 19.6. The predicted molar refractivity (Wildman–Crippen MR) is 122 cm³/mol. The van der Waals surface area contributed by atoms with Crippen molar-refractivity contribution in [3.8, 4) is 11.1 Å². The molecule has 138 valence electrons. The Morgan fingerprint density at radius 1 is 1.04 bits per heavy atom. The average molecular weight is 373 g/mol. The summed E-state index contributed by atoms with van der Waals surface area (Å²) in [5, 5.41) is 0.551. The van der Waals surface area contributed by atoms with Gasteiger partial charge in [-0.2, -0.15) is 0 Å². The Morgan fingerprint density at radius 3 is 2.59 bits per heavy atom. The molecule has 1 heteroatoms. The summed E-state index contributed by atoms with van der Waals surface area (Å²) in [6, 6.07) is 13.7. The summed E-state index contributed by atoms with van der Waals surface area (Å²) >= 11 is 0. The Labute approximate surface area is 165 Å². The maximum Gasteiger partial charge on any atom is 0.0390 e. The first-order valence-corrected chi connectivity index (χ1v) is 12.6. The first kappa shape index (κ1) is 17.1. The zero-order chi connectivity index (χ0) is 18.6. The second kappa shape index (κ2) is 6.27. The van der Waals surface area contributed by atoms with Gasteiger partial charge < -0.3 is 0 Å². The van der Waals surface area contributed by atoms with Crippen molar-refractivity contribution < 1.29 is 0 Å². The molecule has 0 saturated carbocycles. The Morgan fingerprint density at radius 2 is 1.85 bits per heavy atom. The minimum Gasteiger partial charge on any atom is -0.210 e. The van der Waals surface area contributed by atoms with E-state index in [1.165, 1.54) is 36.0 Å². The summed E-state index contributed by atoms with van der Waals surface area (Å²) in [4.78, 5) is 1.58. The number of hydrogen-bond donors (Lipinski definition) is 0. The molecule has 2 aromatic rings. The van der Waals surface area contributed by atoms with Gasteiger partial charge in [0.1, 0.15) is 0 Å². The van der Waals surface area contributed by atoms with Crippen LogP contribution in [-0.2, 0) is 12.8 Å². The lowest BCUT2D eigenvalue weighted by molar-refractivity contribution is 0.911. The molecule has 0 radical (unpaired) electrons. The van der Waals surface area contributed by atoms with Crippen LogP contribution in [0, 0.1) is 0 Å². The summed E-state index contributed by atoms with van der Waals surface area (Å²) in [7, 11) is -0.911. The van der Waals surface area contributed by atoms with Gasteiger partial charge in [-0.25, -0.2) is 10.0 Å². The highest BCUT2D eigenvalue weighted by Gasteiger charge is 2.37. The Balaban J connectivity index is 1.74. The van der Waals surface area contributed by atoms with Gasteiger partial charge in [-0.05, 0) is 83.4 Å². The molecule has 0 spiro atoms. The van der Waals surface area contributed by atoms with Gasteiger partial charge in [0.05, 0.1) is 0 Å². The molecule has 0 heterocycles. The summed E-state index contributed by atoms with van der Waals surface area (Å²) in [5.41, 5.74) is 10.8. The van der Waals surface area contributed by atoms with E-state index in [-0.39, 0.29) is 0 Å². The zero-order valence-electron chi connectivity index (χ0n) is 16.6. The third kappa shape index (κ3) is 2.59. The van der Waals surface area contributed by atoms with Gasteiger partial charge in [0.2, 0.25) is 0 Å². The molecular formula is C26H28S. The highest BCUT2D eigenvalue weighted by Crippen LogP contribution is 2.67. The SMILES string of the molecule is CC1=Cc2c(cc3c(c2-c2ccccc2)CCC3)C1S(C)(C)C1=CCC=C1. The third-order valence-corrected chi connectivity index (χ3v) is 9.86. The van der Waals surface area contributed by atoms with E-state index in [0.29, 0.717) is 5.25 Å². The van der Waals surface area contributed by atoms with Crippen molar-refractivity contribution in [1.29, 1.82) is 0 Å². The van der Waals surface area contributed by atoms with Crippen molar-refractivity contribution in [2.24, 2.45) is 0 Å². The molecular weight excluding hydrogens is 344 g/mol. The summed E-state index contributed by atoms with van der Waals surface area (Å²) in [5.74, 6) is 0. The van der Waals surface area contributed by atoms with Crippen molar-refractivity contribution in [1.82, 2.24) is 0 Å². The molecule has 1 atom stereocenters. The van der Waals surface area contributed by atoms with E-state index in [2.05, 4.69) is 80.1 Å². The Bertz CT molecular complexity index is 1000. The molecule has 0 fully saturated rings. The van der Waals surface area contributed by atoms with Crippen LogP contribution >= 0.6 is 10.0 Å². The third-order valence-electron chi connectivity index (χ3n) is 6.54. The maximum absolute atomic E-state index is 2.58. The molecule has 27 heavy (non-hydrogen) atoms. The van der Waals surface area contributed by atoms with Gasteiger partial charge in [0.15, 0.2) is 0 Å². The number of allylic oxidation sites excluding steroid dienone is 3. The fourth-order valence-corrected chi connectivity index (χ4v) is 8.46. The first-order valence-electron chi connectivity index (χ1n) is 10.1. The van der Waals surface area contributed by atoms with E-state index in [9.17, 15) is 0 Å². The maximum atomic E-state index is 2.58. The lowest BCUT2D eigenvalue weighted by Crippen LogP contribution is -2.10. The van der Waals surface area contributed by atoms with Crippen LogP contribution < -0.4 is 0 Å². The number of benzene rings is 2. The van der Waals surface area contributed by atoms with Gasteiger partial charge in [-0.15, -0.1) is 0 Å². The predicted octanol–water partition coefficient (Wildman–Crippen LogP) is 7.21. The molecule has 0 bridgehead atoms.